The van der Waals surface area contributed by atoms with Crippen LogP contribution in [0.3, 0.4) is 0 Å². The zero-order valence-corrected chi connectivity index (χ0v) is 12.5. The van der Waals surface area contributed by atoms with Crippen LogP contribution in [0, 0.1) is 0 Å². The average Bonchev–Trinajstić information content (AvgIpc) is 2.37. The summed E-state index contributed by atoms with van der Waals surface area (Å²) >= 11 is 1.68. The first kappa shape index (κ1) is 13.9. The van der Waals surface area contributed by atoms with Crippen LogP contribution < -0.4 is 4.74 Å². The molecule has 2 aromatic rings. The molecule has 0 aliphatic heterocycles. The van der Waals surface area contributed by atoms with Gasteiger partial charge in [-0.2, -0.15) is 0 Å². The van der Waals surface area contributed by atoms with Crippen molar-refractivity contribution < 1.29 is 4.74 Å². The summed E-state index contributed by atoms with van der Waals surface area (Å²) < 4.78 is 5.54. The van der Waals surface area contributed by atoms with E-state index in [4.69, 9.17) is 4.74 Å². The number of aromatic nitrogens is 2. The van der Waals surface area contributed by atoms with Crippen molar-refractivity contribution in [1.82, 2.24) is 10.2 Å². The lowest BCUT2D eigenvalue weighted by Gasteiger charge is -2.17. The fraction of sp³-hybridized carbons (Fsp3) is 0.333. The Morgan fingerprint density at radius 1 is 1.05 bits per heavy atom. The highest BCUT2D eigenvalue weighted by Crippen LogP contribution is 2.34. The summed E-state index contributed by atoms with van der Waals surface area (Å²) in [5.41, 5.74) is 1.79. The van der Waals surface area contributed by atoms with Gasteiger partial charge >= 0.3 is 0 Å². The number of benzene rings is 1. The lowest BCUT2D eigenvalue weighted by molar-refractivity contribution is 0.411. The van der Waals surface area contributed by atoms with Crippen molar-refractivity contribution in [2.24, 2.45) is 0 Å². The molecule has 0 radical (unpaired) electrons. The van der Waals surface area contributed by atoms with Gasteiger partial charge in [0.25, 0.3) is 0 Å². The van der Waals surface area contributed by atoms with Crippen molar-refractivity contribution in [3.63, 3.8) is 0 Å². The van der Waals surface area contributed by atoms with E-state index in [9.17, 15) is 0 Å². The first-order chi connectivity index (χ1) is 8.99. The zero-order chi connectivity index (χ0) is 13.9. The maximum absolute atomic E-state index is 5.44. The van der Waals surface area contributed by atoms with Gasteiger partial charge in [0.05, 0.1) is 7.11 Å². The number of ether oxygens (including phenoxy) is 1. The van der Waals surface area contributed by atoms with E-state index in [2.05, 4.69) is 31.0 Å². The molecule has 4 heteroatoms. The zero-order valence-electron chi connectivity index (χ0n) is 11.7. The second-order valence-electron chi connectivity index (χ2n) is 5.18. The summed E-state index contributed by atoms with van der Waals surface area (Å²) in [7, 11) is 1.66. The summed E-state index contributed by atoms with van der Waals surface area (Å²) in [6.45, 7) is 6.45. The Morgan fingerprint density at radius 2 is 1.74 bits per heavy atom. The highest BCUT2D eigenvalue weighted by Gasteiger charge is 2.16. The Bertz CT molecular complexity index is 550. The Labute approximate surface area is 118 Å². The standard InChI is InChI=1S/C15H18N2OS/c1-15(2,3)19-13-10-12(18-4)14(17-16-13)11-8-6-5-7-9-11/h5-10H,1-4H3. The van der Waals surface area contributed by atoms with Crippen LogP contribution in [-0.2, 0) is 0 Å². The van der Waals surface area contributed by atoms with Gasteiger partial charge < -0.3 is 4.74 Å². The smallest absolute Gasteiger partial charge is 0.149 e. The van der Waals surface area contributed by atoms with Crippen molar-refractivity contribution in [2.45, 2.75) is 30.5 Å². The van der Waals surface area contributed by atoms with Crippen molar-refractivity contribution in [3.05, 3.63) is 36.4 Å². The number of hydrogen-bond acceptors (Lipinski definition) is 4. The van der Waals surface area contributed by atoms with Crippen LogP contribution in [0.25, 0.3) is 11.3 Å². The summed E-state index contributed by atoms with van der Waals surface area (Å²) in [5, 5.41) is 9.47. The minimum Gasteiger partial charge on any atom is -0.494 e. The largest absolute Gasteiger partial charge is 0.494 e. The maximum Gasteiger partial charge on any atom is 0.149 e. The van der Waals surface area contributed by atoms with Crippen LogP contribution in [-0.4, -0.2) is 22.1 Å². The number of hydrogen-bond donors (Lipinski definition) is 0. The molecule has 0 atom stereocenters. The lowest BCUT2D eigenvalue weighted by atomic mass is 10.1. The first-order valence-electron chi connectivity index (χ1n) is 6.16. The predicted molar refractivity (Wildman–Crippen MR) is 79.6 cm³/mol. The minimum absolute atomic E-state index is 0.105. The molecule has 0 fully saturated rings. The number of methoxy groups -OCH3 is 1. The first-order valence-corrected chi connectivity index (χ1v) is 6.97. The highest BCUT2D eigenvalue weighted by molar-refractivity contribution is 8.00. The van der Waals surface area contributed by atoms with E-state index in [0.717, 1.165) is 22.0 Å². The van der Waals surface area contributed by atoms with Crippen LogP contribution in [0.2, 0.25) is 0 Å². The molecule has 19 heavy (non-hydrogen) atoms. The quantitative estimate of drug-likeness (QED) is 0.791. The lowest BCUT2D eigenvalue weighted by Crippen LogP contribution is -2.08. The number of nitrogens with zero attached hydrogens (tertiary/aromatic N) is 2. The van der Waals surface area contributed by atoms with Crippen LogP contribution in [0.5, 0.6) is 5.75 Å². The maximum atomic E-state index is 5.44. The molecule has 100 valence electrons. The van der Waals surface area contributed by atoms with Crippen molar-refractivity contribution >= 4 is 11.8 Å². The second kappa shape index (κ2) is 5.61. The van der Waals surface area contributed by atoms with Crippen molar-refractivity contribution in [2.75, 3.05) is 7.11 Å². The highest BCUT2D eigenvalue weighted by atomic mass is 32.2. The molecule has 0 N–H and O–H groups in total. The van der Waals surface area contributed by atoms with Crippen LogP contribution in [0.1, 0.15) is 20.8 Å². The molecule has 0 spiro atoms. The minimum atomic E-state index is 0.105. The van der Waals surface area contributed by atoms with Gasteiger partial charge in [-0.1, -0.05) is 62.9 Å². The molecular formula is C15H18N2OS. The van der Waals surface area contributed by atoms with Crippen LogP contribution >= 0.6 is 11.8 Å². The average molecular weight is 274 g/mol. The molecule has 1 aromatic carbocycles. The van der Waals surface area contributed by atoms with Crippen LogP contribution in [0.15, 0.2) is 41.4 Å². The molecule has 0 amide bonds. The fourth-order valence-electron chi connectivity index (χ4n) is 1.67. The van der Waals surface area contributed by atoms with Gasteiger partial charge in [-0.25, -0.2) is 0 Å². The van der Waals surface area contributed by atoms with Gasteiger partial charge in [0.15, 0.2) is 0 Å². The van der Waals surface area contributed by atoms with Crippen molar-refractivity contribution in [1.29, 1.82) is 0 Å². The van der Waals surface area contributed by atoms with E-state index in [1.807, 2.05) is 36.4 Å². The van der Waals surface area contributed by atoms with Crippen molar-refractivity contribution in [3.8, 4) is 17.0 Å². The van der Waals surface area contributed by atoms with Gasteiger partial charge in [-0.05, 0) is 0 Å². The monoisotopic (exact) mass is 274 g/mol. The molecular weight excluding hydrogens is 256 g/mol. The van der Waals surface area contributed by atoms with Gasteiger partial charge in [-0.15, -0.1) is 10.2 Å². The normalized spacial score (nSPS) is 11.4. The predicted octanol–water partition coefficient (Wildman–Crippen LogP) is 4.04. The Hall–Kier alpha value is -1.55. The molecule has 3 nitrogen and oxygen atoms in total. The fourth-order valence-corrected chi connectivity index (χ4v) is 2.55. The van der Waals surface area contributed by atoms with E-state index < -0.39 is 0 Å². The van der Waals surface area contributed by atoms with E-state index >= 15 is 0 Å². The molecule has 0 aliphatic carbocycles. The number of rotatable bonds is 3. The third-order valence-corrected chi connectivity index (χ3v) is 3.44. The summed E-state index contributed by atoms with van der Waals surface area (Å²) in [6.07, 6.45) is 0. The second-order valence-corrected chi connectivity index (χ2v) is 7.03. The Balaban J connectivity index is 2.37. The molecule has 1 heterocycles. The molecule has 0 saturated carbocycles. The topological polar surface area (TPSA) is 35.0 Å². The summed E-state index contributed by atoms with van der Waals surface area (Å²) in [5.74, 6) is 0.757. The van der Waals surface area contributed by atoms with Gasteiger partial charge in [0.2, 0.25) is 0 Å². The van der Waals surface area contributed by atoms with Crippen LogP contribution in [0.4, 0.5) is 0 Å². The molecule has 0 unspecified atom stereocenters. The molecule has 0 aliphatic rings. The SMILES string of the molecule is COc1cc(SC(C)(C)C)nnc1-c1ccccc1. The van der Waals surface area contributed by atoms with E-state index in [-0.39, 0.29) is 4.75 Å². The molecule has 0 bridgehead atoms. The molecule has 0 saturated heterocycles. The third kappa shape index (κ3) is 3.70. The Kier molecular flexibility index (Phi) is 4.10. The molecule has 1 aromatic heterocycles. The third-order valence-electron chi connectivity index (χ3n) is 2.41. The summed E-state index contributed by atoms with van der Waals surface area (Å²) in [6, 6.07) is 11.9. The summed E-state index contributed by atoms with van der Waals surface area (Å²) in [4.78, 5) is 0. The number of thioether (sulfide) groups is 1. The van der Waals surface area contributed by atoms with Gasteiger partial charge in [-0.3, -0.25) is 0 Å². The molecule has 2 rings (SSSR count). The van der Waals surface area contributed by atoms with Gasteiger partial charge in [0, 0.05) is 16.4 Å². The van der Waals surface area contributed by atoms with E-state index in [0.29, 0.717) is 0 Å². The van der Waals surface area contributed by atoms with E-state index in [1.165, 1.54) is 0 Å². The van der Waals surface area contributed by atoms with E-state index in [1.54, 1.807) is 18.9 Å². The Morgan fingerprint density at radius 3 is 2.32 bits per heavy atom. The van der Waals surface area contributed by atoms with Gasteiger partial charge in [0.1, 0.15) is 16.5 Å².